The van der Waals surface area contributed by atoms with Crippen LogP contribution in [0.5, 0.6) is 23.0 Å². The van der Waals surface area contributed by atoms with Crippen molar-refractivity contribution in [3.8, 4) is 35.1 Å². The molecule has 2 heterocycles. The molecule has 0 N–H and O–H groups in total. The molecule has 4 rings (SSSR count). The number of ether oxygens (including phenoxy) is 2. The molecular weight excluding hydrogens is 468 g/mol. The Morgan fingerprint density at radius 3 is 1.36 bits per heavy atom. The van der Waals surface area contributed by atoms with Crippen molar-refractivity contribution in [3.63, 3.8) is 0 Å². The Labute approximate surface area is 203 Å². The molecule has 0 bridgehead atoms. The Morgan fingerprint density at radius 1 is 0.639 bits per heavy atom. The molecule has 0 saturated carbocycles. The van der Waals surface area contributed by atoms with Crippen LogP contribution in [0.3, 0.4) is 0 Å². The second-order valence-corrected chi connectivity index (χ2v) is 6.70. The molecule has 4 aromatic rings. The summed E-state index contributed by atoms with van der Waals surface area (Å²) in [6, 6.07) is 22.6. The third kappa shape index (κ3) is 7.06. The van der Waals surface area contributed by atoms with Crippen LogP contribution in [-0.2, 0) is 0 Å². The number of nitriles is 2. The van der Waals surface area contributed by atoms with Crippen molar-refractivity contribution >= 4 is 11.6 Å². The standard InChI is InChI=1S/2C12H7N3O3/c2*13-7-9-2-1-3-10(6-9)18-11-4-5-12(14-8-11)15(16)17/h2*1-6,8H. The quantitative estimate of drug-likeness (QED) is 0.258. The average Bonchev–Trinajstić information content (AvgIpc) is 2.90. The molecular formula is C24H14N6O6. The fourth-order valence-corrected chi connectivity index (χ4v) is 2.61. The lowest BCUT2D eigenvalue weighted by molar-refractivity contribution is -0.389. The molecule has 2 aromatic heterocycles. The molecule has 2 aromatic carbocycles. The minimum Gasteiger partial charge on any atom is -0.453 e. The number of nitro groups is 2. The molecule has 0 aliphatic rings. The predicted octanol–water partition coefficient (Wildman–Crippen LogP) is 5.31. The van der Waals surface area contributed by atoms with Crippen LogP contribution in [0, 0.1) is 42.9 Å². The second kappa shape index (κ2) is 11.8. The van der Waals surface area contributed by atoms with Crippen LogP contribution < -0.4 is 9.47 Å². The summed E-state index contributed by atoms with van der Waals surface area (Å²) < 4.78 is 10.8. The monoisotopic (exact) mass is 482 g/mol. The van der Waals surface area contributed by atoms with Crippen molar-refractivity contribution in [2.45, 2.75) is 0 Å². The van der Waals surface area contributed by atoms with Gasteiger partial charge >= 0.3 is 11.6 Å². The van der Waals surface area contributed by atoms with Crippen molar-refractivity contribution in [2.75, 3.05) is 0 Å². The highest BCUT2D eigenvalue weighted by Crippen LogP contribution is 2.23. The molecule has 0 fully saturated rings. The predicted molar refractivity (Wildman–Crippen MR) is 124 cm³/mol. The van der Waals surface area contributed by atoms with E-state index in [2.05, 4.69) is 9.97 Å². The smallest absolute Gasteiger partial charge is 0.363 e. The second-order valence-electron chi connectivity index (χ2n) is 6.70. The number of benzene rings is 2. The van der Waals surface area contributed by atoms with Gasteiger partial charge in [-0.05, 0) is 68.3 Å². The van der Waals surface area contributed by atoms with Crippen molar-refractivity contribution < 1.29 is 19.3 Å². The molecule has 12 heteroatoms. The van der Waals surface area contributed by atoms with E-state index in [9.17, 15) is 20.2 Å². The van der Waals surface area contributed by atoms with Crippen LogP contribution in [0.25, 0.3) is 0 Å². The molecule has 0 aliphatic heterocycles. The van der Waals surface area contributed by atoms with Crippen LogP contribution >= 0.6 is 0 Å². The van der Waals surface area contributed by atoms with Gasteiger partial charge in [-0.2, -0.15) is 10.5 Å². The lowest BCUT2D eigenvalue weighted by Gasteiger charge is -2.03. The van der Waals surface area contributed by atoms with E-state index in [1.807, 2.05) is 12.1 Å². The lowest BCUT2D eigenvalue weighted by atomic mass is 10.2. The molecule has 36 heavy (non-hydrogen) atoms. The van der Waals surface area contributed by atoms with Crippen LogP contribution in [0.15, 0.2) is 85.2 Å². The van der Waals surface area contributed by atoms with Crippen molar-refractivity contribution in [1.29, 1.82) is 10.5 Å². The minimum absolute atomic E-state index is 0.242. The maximum atomic E-state index is 10.4. The number of hydrogen-bond acceptors (Lipinski definition) is 10. The van der Waals surface area contributed by atoms with E-state index in [0.717, 1.165) is 0 Å². The van der Waals surface area contributed by atoms with Gasteiger partial charge in [-0.15, -0.1) is 0 Å². The Morgan fingerprint density at radius 2 is 1.06 bits per heavy atom. The number of hydrogen-bond donors (Lipinski definition) is 0. The van der Waals surface area contributed by atoms with Crippen LogP contribution in [0.1, 0.15) is 11.1 Å². The van der Waals surface area contributed by atoms with E-state index in [4.69, 9.17) is 20.0 Å². The zero-order chi connectivity index (χ0) is 25.9. The summed E-state index contributed by atoms with van der Waals surface area (Å²) >= 11 is 0. The van der Waals surface area contributed by atoms with Gasteiger partial charge in [0.15, 0.2) is 23.9 Å². The summed E-state index contributed by atoms with van der Waals surface area (Å²) in [7, 11) is 0. The highest BCUT2D eigenvalue weighted by atomic mass is 16.6. The fourth-order valence-electron chi connectivity index (χ4n) is 2.61. The molecule has 0 saturated heterocycles. The lowest BCUT2D eigenvalue weighted by Crippen LogP contribution is -1.92. The van der Waals surface area contributed by atoms with Gasteiger partial charge in [0.25, 0.3) is 0 Å². The minimum atomic E-state index is -0.583. The molecule has 0 amide bonds. The zero-order valence-electron chi connectivity index (χ0n) is 18.2. The topological polar surface area (TPSA) is 178 Å². The van der Waals surface area contributed by atoms with E-state index >= 15 is 0 Å². The van der Waals surface area contributed by atoms with Gasteiger partial charge < -0.3 is 29.7 Å². The summed E-state index contributed by atoms with van der Waals surface area (Å²) in [5.41, 5.74) is 0.949. The van der Waals surface area contributed by atoms with Gasteiger partial charge in [-0.3, -0.25) is 0 Å². The van der Waals surface area contributed by atoms with E-state index in [1.54, 1.807) is 48.5 Å². The third-order valence-corrected chi connectivity index (χ3v) is 4.21. The maximum Gasteiger partial charge on any atom is 0.363 e. The van der Waals surface area contributed by atoms with Gasteiger partial charge in [0.05, 0.1) is 23.3 Å². The average molecular weight is 482 g/mol. The highest BCUT2D eigenvalue weighted by molar-refractivity contribution is 5.40. The Balaban J connectivity index is 0.000000201. The zero-order valence-corrected chi connectivity index (χ0v) is 18.2. The van der Waals surface area contributed by atoms with Gasteiger partial charge in [0.2, 0.25) is 0 Å². The van der Waals surface area contributed by atoms with Crippen molar-refractivity contribution in [1.82, 2.24) is 9.97 Å². The summed E-state index contributed by atoms with van der Waals surface area (Å²) in [6.07, 6.45) is 2.52. The SMILES string of the molecule is N#Cc1cccc(Oc2ccc([N+](=O)[O-])nc2)c1.N#Cc1cccc(Oc2ccc([N+](=O)[O-])nc2)c1. The molecule has 12 nitrogen and oxygen atoms in total. The first-order chi connectivity index (χ1) is 17.4. The summed E-state index contributed by atoms with van der Waals surface area (Å²) in [5, 5.41) is 38.3. The van der Waals surface area contributed by atoms with Crippen LogP contribution in [0.2, 0.25) is 0 Å². The fraction of sp³-hybridized carbons (Fsp3) is 0. The number of rotatable bonds is 6. The first kappa shape index (κ1) is 24.8. The number of aromatic nitrogens is 2. The van der Waals surface area contributed by atoms with Crippen LogP contribution in [-0.4, -0.2) is 19.8 Å². The summed E-state index contributed by atoms with van der Waals surface area (Å²) in [6.45, 7) is 0. The molecule has 0 aliphatic carbocycles. The van der Waals surface area contributed by atoms with E-state index in [-0.39, 0.29) is 11.6 Å². The van der Waals surface area contributed by atoms with Gasteiger partial charge in [0, 0.05) is 12.1 Å². The Kier molecular flexibility index (Phi) is 8.13. The third-order valence-electron chi connectivity index (χ3n) is 4.21. The van der Waals surface area contributed by atoms with Gasteiger partial charge in [-0.25, -0.2) is 0 Å². The normalized spacial score (nSPS) is 9.50. The molecule has 0 unspecified atom stereocenters. The molecule has 176 valence electrons. The maximum absolute atomic E-state index is 10.4. The summed E-state index contributed by atoms with van der Waals surface area (Å²) in [4.78, 5) is 26.9. The molecule has 0 spiro atoms. The summed E-state index contributed by atoms with van der Waals surface area (Å²) in [5.74, 6) is 1.21. The van der Waals surface area contributed by atoms with E-state index < -0.39 is 9.85 Å². The first-order valence-corrected chi connectivity index (χ1v) is 9.95. The molecule has 0 radical (unpaired) electrons. The Hall–Kier alpha value is -5.88. The van der Waals surface area contributed by atoms with Crippen molar-refractivity contribution in [3.05, 3.63) is 117 Å². The van der Waals surface area contributed by atoms with E-state index in [0.29, 0.717) is 34.1 Å². The highest BCUT2D eigenvalue weighted by Gasteiger charge is 2.08. The first-order valence-electron chi connectivity index (χ1n) is 9.95. The number of pyridine rings is 2. The van der Waals surface area contributed by atoms with Gasteiger partial charge in [-0.1, -0.05) is 12.1 Å². The van der Waals surface area contributed by atoms with Crippen LogP contribution in [0.4, 0.5) is 11.6 Å². The molecule has 0 atom stereocenters. The van der Waals surface area contributed by atoms with Gasteiger partial charge in [0.1, 0.15) is 11.5 Å². The van der Waals surface area contributed by atoms with Crippen molar-refractivity contribution in [2.24, 2.45) is 0 Å². The van der Waals surface area contributed by atoms with E-state index in [1.165, 1.54) is 36.7 Å². The largest absolute Gasteiger partial charge is 0.453 e. The Bertz CT molecular complexity index is 1350. The number of nitrogens with zero attached hydrogens (tertiary/aromatic N) is 6.